The minimum absolute atomic E-state index is 0.0604. The van der Waals surface area contributed by atoms with Gasteiger partial charge in [-0.25, -0.2) is 4.39 Å². The van der Waals surface area contributed by atoms with Crippen LogP contribution >= 0.6 is 0 Å². The molecule has 0 saturated carbocycles. The quantitative estimate of drug-likeness (QED) is 0.700. The molecule has 0 bridgehead atoms. The van der Waals surface area contributed by atoms with Crippen LogP contribution in [0.1, 0.15) is 25.1 Å². The summed E-state index contributed by atoms with van der Waals surface area (Å²) in [5.74, 6) is 4.80. The molecule has 13 heavy (non-hydrogen) atoms. The van der Waals surface area contributed by atoms with Crippen LogP contribution in [-0.4, -0.2) is 10.1 Å². The maximum atomic E-state index is 13.0. The van der Waals surface area contributed by atoms with Gasteiger partial charge < -0.3 is 5.11 Å². The van der Waals surface area contributed by atoms with Crippen molar-refractivity contribution >= 4 is 0 Å². The number of nitrogens with zero attached hydrogens (tertiary/aromatic N) is 1. The molecule has 0 aliphatic heterocycles. The van der Waals surface area contributed by atoms with Crippen LogP contribution < -0.4 is 0 Å². The van der Waals surface area contributed by atoms with Crippen LogP contribution in [-0.2, 0) is 0 Å². The highest BCUT2D eigenvalue weighted by Gasteiger charge is 2.11. The van der Waals surface area contributed by atoms with Crippen molar-refractivity contribution in [1.29, 1.82) is 0 Å². The number of aliphatic hydroxyl groups is 1. The molecule has 1 N–H and O–H groups in total. The van der Waals surface area contributed by atoms with Crippen molar-refractivity contribution in [3.8, 4) is 11.8 Å². The average Bonchev–Trinajstić information content (AvgIpc) is 2.15. The molecule has 1 heterocycles. The van der Waals surface area contributed by atoms with Gasteiger partial charge >= 0.3 is 0 Å². The van der Waals surface area contributed by atoms with Crippen LogP contribution in [0.3, 0.4) is 0 Å². The zero-order chi connectivity index (χ0) is 9.68. The Bertz CT molecular complexity index is 340. The summed E-state index contributed by atoms with van der Waals surface area (Å²) in [6, 6.07) is 2.75. The standard InChI is InChI=1S/C10H10FNO/c1-2-3-6-9(13)10-8(11)5-4-7-12-10/h4-5,7,9,13H,6H2,1H3. The summed E-state index contributed by atoms with van der Waals surface area (Å²) >= 11 is 0. The van der Waals surface area contributed by atoms with Crippen molar-refractivity contribution in [2.24, 2.45) is 0 Å². The van der Waals surface area contributed by atoms with E-state index in [1.165, 1.54) is 18.3 Å². The number of aromatic nitrogens is 1. The third-order valence-corrected chi connectivity index (χ3v) is 1.57. The Balaban J connectivity index is 2.80. The molecule has 68 valence electrons. The van der Waals surface area contributed by atoms with Gasteiger partial charge in [0.25, 0.3) is 0 Å². The predicted molar refractivity (Wildman–Crippen MR) is 47.2 cm³/mol. The van der Waals surface area contributed by atoms with E-state index < -0.39 is 11.9 Å². The Hall–Kier alpha value is -1.40. The first kappa shape index (κ1) is 9.69. The monoisotopic (exact) mass is 179 g/mol. The fraction of sp³-hybridized carbons (Fsp3) is 0.300. The van der Waals surface area contributed by atoms with E-state index in [2.05, 4.69) is 16.8 Å². The molecule has 0 spiro atoms. The molecule has 1 aromatic heterocycles. The van der Waals surface area contributed by atoms with Gasteiger partial charge in [-0.2, -0.15) is 0 Å². The van der Waals surface area contributed by atoms with Crippen LogP contribution in [0.25, 0.3) is 0 Å². The number of hydrogen-bond acceptors (Lipinski definition) is 2. The fourth-order valence-electron chi connectivity index (χ4n) is 0.939. The van der Waals surface area contributed by atoms with E-state index in [4.69, 9.17) is 0 Å². The average molecular weight is 179 g/mol. The van der Waals surface area contributed by atoms with E-state index in [-0.39, 0.29) is 12.1 Å². The third kappa shape index (κ3) is 2.53. The molecule has 1 unspecified atom stereocenters. The molecule has 0 aliphatic carbocycles. The van der Waals surface area contributed by atoms with Gasteiger partial charge in [-0.15, -0.1) is 11.8 Å². The Morgan fingerprint density at radius 2 is 2.46 bits per heavy atom. The number of aliphatic hydroxyl groups excluding tert-OH is 1. The molecular formula is C10H10FNO. The number of halogens is 1. The van der Waals surface area contributed by atoms with Gasteiger partial charge in [0.05, 0.1) is 0 Å². The Morgan fingerprint density at radius 1 is 1.69 bits per heavy atom. The van der Waals surface area contributed by atoms with Crippen molar-refractivity contribution in [1.82, 2.24) is 4.98 Å². The topological polar surface area (TPSA) is 33.1 Å². The lowest BCUT2D eigenvalue weighted by molar-refractivity contribution is 0.173. The van der Waals surface area contributed by atoms with Crippen molar-refractivity contribution in [3.05, 3.63) is 29.8 Å². The molecule has 1 aromatic rings. The van der Waals surface area contributed by atoms with E-state index in [0.717, 1.165) is 0 Å². The smallest absolute Gasteiger partial charge is 0.147 e. The highest BCUT2D eigenvalue weighted by atomic mass is 19.1. The van der Waals surface area contributed by atoms with E-state index in [0.29, 0.717) is 0 Å². The first-order valence-corrected chi connectivity index (χ1v) is 3.93. The molecule has 1 rings (SSSR count). The van der Waals surface area contributed by atoms with Crippen molar-refractivity contribution in [2.75, 3.05) is 0 Å². The zero-order valence-electron chi connectivity index (χ0n) is 7.29. The summed E-state index contributed by atoms with van der Waals surface area (Å²) in [4.78, 5) is 3.74. The number of rotatable bonds is 2. The van der Waals surface area contributed by atoms with Gasteiger partial charge in [0.1, 0.15) is 17.6 Å². The fourth-order valence-corrected chi connectivity index (χ4v) is 0.939. The lowest BCUT2D eigenvalue weighted by Gasteiger charge is -2.06. The van der Waals surface area contributed by atoms with Gasteiger partial charge in [0, 0.05) is 12.6 Å². The lowest BCUT2D eigenvalue weighted by Crippen LogP contribution is -2.02. The third-order valence-electron chi connectivity index (χ3n) is 1.57. The summed E-state index contributed by atoms with van der Waals surface area (Å²) in [6.45, 7) is 1.67. The molecule has 3 heteroatoms. The molecule has 0 fully saturated rings. The van der Waals surface area contributed by atoms with Crippen molar-refractivity contribution < 1.29 is 9.50 Å². The minimum Gasteiger partial charge on any atom is -0.386 e. The van der Waals surface area contributed by atoms with Gasteiger partial charge in [-0.3, -0.25) is 4.98 Å². The lowest BCUT2D eigenvalue weighted by atomic mass is 10.1. The maximum absolute atomic E-state index is 13.0. The number of hydrogen-bond donors (Lipinski definition) is 1. The molecule has 0 amide bonds. The molecule has 0 saturated heterocycles. The van der Waals surface area contributed by atoms with E-state index in [1.807, 2.05) is 0 Å². The van der Waals surface area contributed by atoms with Crippen LogP contribution in [0.4, 0.5) is 4.39 Å². The zero-order valence-corrected chi connectivity index (χ0v) is 7.29. The van der Waals surface area contributed by atoms with Gasteiger partial charge in [-0.1, -0.05) is 0 Å². The molecule has 0 aromatic carbocycles. The Morgan fingerprint density at radius 3 is 3.08 bits per heavy atom. The van der Waals surface area contributed by atoms with Crippen LogP contribution in [0.5, 0.6) is 0 Å². The summed E-state index contributed by atoms with van der Waals surface area (Å²) in [7, 11) is 0. The summed E-state index contributed by atoms with van der Waals surface area (Å²) in [6.07, 6.45) is 0.722. The largest absolute Gasteiger partial charge is 0.386 e. The highest BCUT2D eigenvalue weighted by Crippen LogP contribution is 2.15. The van der Waals surface area contributed by atoms with Crippen LogP contribution in [0.2, 0.25) is 0 Å². The van der Waals surface area contributed by atoms with Crippen LogP contribution in [0.15, 0.2) is 18.3 Å². The van der Waals surface area contributed by atoms with Crippen molar-refractivity contribution in [2.45, 2.75) is 19.4 Å². The highest BCUT2D eigenvalue weighted by molar-refractivity contribution is 5.12. The van der Waals surface area contributed by atoms with Gasteiger partial charge in [0.2, 0.25) is 0 Å². The summed E-state index contributed by atoms with van der Waals surface area (Å²) in [5, 5.41) is 9.43. The predicted octanol–water partition coefficient (Wildman–Crippen LogP) is 1.67. The second-order valence-corrected chi connectivity index (χ2v) is 2.52. The summed E-state index contributed by atoms with van der Waals surface area (Å²) < 4.78 is 13.0. The Labute approximate surface area is 76.4 Å². The second-order valence-electron chi connectivity index (χ2n) is 2.52. The van der Waals surface area contributed by atoms with Gasteiger partial charge in [-0.05, 0) is 19.1 Å². The second kappa shape index (κ2) is 4.58. The van der Waals surface area contributed by atoms with Gasteiger partial charge in [0.15, 0.2) is 0 Å². The molecular weight excluding hydrogens is 169 g/mol. The Kier molecular flexibility index (Phi) is 3.41. The first-order chi connectivity index (χ1) is 6.25. The molecule has 0 aliphatic rings. The van der Waals surface area contributed by atoms with Crippen molar-refractivity contribution in [3.63, 3.8) is 0 Å². The van der Waals surface area contributed by atoms with Crippen LogP contribution in [0, 0.1) is 17.7 Å². The maximum Gasteiger partial charge on any atom is 0.147 e. The molecule has 2 nitrogen and oxygen atoms in total. The summed E-state index contributed by atoms with van der Waals surface area (Å²) in [5.41, 5.74) is 0.0604. The molecule has 1 atom stereocenters. The normalized spacial score (nSPS) is 11.6. The molecule has 0 radical (unpaired) electrons. The van der Waals surface area contributed by atoms with E-state index >= 15 is 0 Å². The minimum atomic E-state index is -0.936. The van der Waals surface area contributed by atoms with E-state index in [9.17, 15) is 9.50 Å². The SMILES string of the molecule is CC#CCC(O)c1ncccc1F. The van der Waals surface area contributed by atoms with E-state index in [1.54, 1.807) is 6.92 Å². The first-order valence-electron chi connectivity index (χ1n) is 3.93. The number of pyridine rings is 1.